The number of anilines is 1. The van der Waals surface area contributed by atoms with E-state index in [1.807, 2.05) is 18.7 Å². The molecule has 0 unspecified atom stereocenters. The summed E-state index contributed by atoms with van der Waals surface area (Å²) in [5, 5.41) is 1.93. The fourth-order valence-electron chi connectivity index (χ4n) is 1.51. The monoisotopic (exact) mass is 265 g/mol. The maximum Gasteiger partial charge on any atom is 0.126 e. The number of thioether (sulfide) groups is 1. The molecule has 2 aromatic rings. The van der Waals surface area contributed by atoms with Crippen molar-refractivity contribution in [3.63, 3.8) is 0 Å². The summed E-state index contributed by atoms with van der Waals surface area (Å²) in [5.74, 6) is 6.52. The molecular formula is C12H15N3S2. The average molecular weight is 265 g/mol. The third kappa shape index (κ3) is 2.80. The molecule has 90 valence electrons. The van der Waals surface area contributed by atoms with E-state index in [2.05, 4.69) is 41.6 Å². The van der Waals surface area contributed by atoms with Crippen LogP contribution < -0.4 is 11.3 Å². The first-order chi connectivity index (χ1) is 8.24. The van der Waals surface area contributed by atoms with Gasteiger partial charge in [-0.1, -0.05) is 30.4 Å². The van der Waals surface area contributed by atoms with Crippen LogP contribution >= 0.6 is 23.1 Å². The van der Waals surface area contributed by atoms with Gasteiger partial charge in [0.2, 0.25) is 0 Å². The molecule has 1 aromatic heterocycles. The molecule has 17 heavy (non-hydrogen) atoms. The van der Waals surface area contributed by atoms with E-state index in [1.165, 1.54) is 4.90 Å². The minimum absolute atomic E-state index is 0.923. The van der Waals surface area contributed by atoms with Crippen LogP contribution in [0, 0.1) is 6.92 Å². The highest BCUT2D eigenvalue weighted by Crippen LogP contribution is 2.32. The Morgan fingerprint density at radius 1 is 1.35 bits per heavy atom. The fraction of sp³-hybridized carbons (Fsp3) is 0.250. The lowest BCUT2D eigenvalue weighted by molar-refractivity contribution is 1.24. The standard InChI is InChI=1S/C12H15N3S2/c1-3-16-10-6-4-9(5-7-10)12-14-8(2)11(15-13)17-12/h4-7,15H,3,13H2,1-2H3. The normalized spacial score (nSPS) is 10.5. The predicted octanol–water partition coefficient (Wildman–Crippen LogP) is 3.52. The number of nitrogens with one attached hydrogen (secondary N) is 1. The van der Waals surface area contributed by atoms with Crippen LogP contribution in [-0.4, -0.2) is 10.7 Å². The molecule has 5 heteroatoms. The SMILES string of the molecule is CCSc1ccc(-c2nc(C)c(NN)s2)cc1. The number of aromatic nitrogens is 1. The molecule has 3 N–H and O–H groups in total. The van der Waals surface area contributed by atoms with E-state index in [4.69, 9.17) is 5.84 Å². The molecule has 0 aliphatic carbocycles. The number of hydrogen-bond donors (Lipinski definition) is 2. The molecular weight excluding hydrogens is 250 g/mol. The van der Waals surface area contributed by atoms with Gasteiger partial charge in [-0.25, -0.2) is 10.8 Å². The molecule has 0 saturated heterocycles. The van der Waals surface area contributed by atoms with Gasteiger partial charge >= 0.3 is 0 Å². The summed E-state index contributed by atoms with van der Waals surface area (Å²) >= 11 is 3.42. The van der Waals surface area contributed by atoms with Crippen molar-refractivity contribution in [2.45, 2.75) is 18.7 Å². The van der Waals surface area contributed by atoms with Crippen LogP contribution in [0.15, 0.2) is 29.2 Å². The molecule has 3 nitrogen and oxygen atoms in total. The predicted molar refractivity (Wildman–Crippen MR) is 76.5 cm³/mol. The van der Waals surface area contributed by atoms with Gasteiger partial charge < -0.3 is 5.43 Å². The summed E-state index contributed by atoms with van der Waals surface area (Å²) in [5.41, 5.74) is 4.75. The van der Waals surface area contributed by atoms with Crippen molar-refractivity contribution in [3.05, 3.63) is 30.0 Å². The summed E-state index contributed by atoms with van der Waals surface area (Å²) in [4.78, 5) is 5.79. The molecule has 1 heterocycles. The van der Waals surface area contributed by atoms with Crippen molar-refractivity contribution >= 4 is 28.1 Å². The molecule has 0 atom stereocenters. The minimum Gasteiger partial charge on any atom is -0.314 e. The molecule has 0 fully saturated rings. The van der Waals surface area contributed by atoms with Gasteiger partial charge in [-0.3, -0.25) is 0 Å². The largest absolute Gasteiger partial charge is 0.314 e. The maximum atomic E-state index is 5.42. The Hall–Kier alpha value is -1.04. The zero-order valence-electron chi connectivity index (χ0n) is 9.86. The number of nitrogens with zero attached hydrogens (tertiary/aromatic N) is 1. The van der Waals surface area contributed by atoms with Crippen LogP contribution in [0.25, 0.3) is 10.6 Å². The number of benzene rings is 1. The molecule has 1 aromatic carbocycles. The van der Waals surface area contributed by atoms with Gasteiger partial charge in [-0.2, -0.15) is 0 Å². The Balaban J connectivity index is 2.26. The third-order valence-corrected chi connectivity index (χ3v) is 4.37. The smallest absolute Gasteiger partial charge is 0.126 e. The maximum absolute atomic E-state index is 5.42. The Kier molecular flexibility index (Phi) is 4.04. The number of aryl methyl sites for hydroxylation is 1. The highest BCUT2D eigenvalue weighted by molar-refractivity contribution is 7.99. The molecule has 0 radical (unpaired) electrons. The van der Waals surface area contributed by atoms with Crippen molar-refractivity contribution < 1.29 is 0 Å². The zero-order chi connectivity index (χ0) is 12.3. The third-order valence-electron chi connectivity index (χ3n) is 2.34. The van der Waals surface area contributed by atoms with Crippen LogP contribution in [0.5, 0.6) is 0 Å². The highest BCUT2D eigenvalue weighted by atomic mass is 32.2. The summed E-state index contributed by atoms with van der Waals surface area (Å²) in [7, 11) is 0. The number of nitrogen functional groups attached to an aromatic ring is 1. The summed E-state index contributed by atoms with van der Waals surface area (Å²) in [6, 6.07) is 8.48. The summed E-state index contributed by atoms with van der Waals surface area (Å²) < 4.78 is 0. The second-order valence-corrected chi connectivity index (χ2v) is 5.87. The van der Waals surface area contributed by atoms with E-state index in [0.29, 0.717) is 0 Å². The van der Waals surface area contributed by atoms with E-state index in [1.54, 1.807) is 11.3 Å². The first kappa shape index (κ1) is 12.4. The molecule has 0 bridgehead atoms. The summed E-state index contributed by atoms with van der Waals surface area (Å²) in [6.45, 7) is 4.11. The van der Waals surface area contributed by atoms with Crippen LogP contribution in [-0.2, 0) is 0 Å². The van der Waals surface area contributed by atoms with Crippen LogP contribution in [0.4, 0.5) is 5.00 Å². The van der Waals surface area contributed by atoms with Gasteiger partial charge in [0.1, 0.15) is 10.0 Å². The van der Waals surface area contributed by atoms with Gasteiger partial charge in [-0.15, -0.1) is 11.8 Å². The Morgan fingerprint density at radius 3 is 2.59 bits per heavy atom. The van der Waals surface area contributed by atoms with Gasteiger partial charge in [-0.05, 0) is 24.8 Å². The molecule has 0 aliphatic heterocycles. The topological polar surface area (TPSA) is 50.9 Å². The average Bonchev–Trinajstić information content (AvgIpc) is 2.72. The molecule has 0 aliphatic rings. The van der Waals surface area contributed by atoms with E-state index in [-0.39, 0.29) is 0 Å². The Labute approximate surface area is 109 Å². The molecule has 0 saturated carbocycles. The van der Waals surface area contributed by atoms with E-state index in [0.717, 1.165) is 27.0 Å². The van der Waals surface area contributed by atoms with Gasteiger partial charge in [0, 0.05) is 10.5 Å². The molecule has 2 rings (SSSR count). The van der Waals surface area contributed by atoms with Crippen LogP contribution in [0.3, 0.4) is 0 Å². The van der Waals surface area contributed by atoms with Crippen molar-refractivity contribution in [1.82, 2.24) is 4.98 Å². The fourth-order valence-corrected chi connectivity index (χ4v) is 3.06. The number of nitrogens with two attached hydrogens (primary N) is 1. The number of hydrazine groups is 1. The molecule has 0 spiro atoms. The second-order valence-electron chi connectivity index (χ2n) is 3.54. The Morgan fingerprint density at radius 2 is 2.06 bits per heavy atom. The van der Waals surface area contributed by atoms with E-state index < -0.39 is 0 Å². The lowest BCUT2D eigenvalue weighted by Crippen LogP contribution is -2.05. The van der Waals surface area contributed by atoms with E-state index >= 15 is 0 Å². The number of rotatable bonds is 4. The quantitative estimate of drug-likeness (QED) is 0.504. The van der Waals surface area contributed by atoms with Gasteiger partial charge in [0.25, 0.3) is 0 Å². The highest BCUT2D eigenvalue weighted by Gasteiger charge is 2.08. The van der Waals surface area contributed by atoms with Crippen LogP contribution in [0.1, 0.15) is 12.6 Å². The van der Waals surface area contributed by atoms with Gasteiger partial charge in [0.05, 0.1) is 5.69 Å². The molecule has 0 amide bonds. The summed E-state index contributed by atoms with van der Waals surface area (Å²) in [6.07, 6.45) is 0. The van der Waals surface area contributed by atoms with Crippen molar-refractivity contribution in [2.75, 3.05) is 11.2 Å². The van der Waals surface area contributed by atoms with Crippen molar-refractivity contribution in [1.29, 1.82) is 0 Å². The first-order valence-electron chi connectivity index (χ1n) is 5.42. The lowest BCUT2D eigenvalue weighted by Gasteiger charge is -1.99. The van der Waals surface area contributed by atoms with Crippen LogP contribution in [0.2, 0.25) is 0 Å². The van der Waals surface area contributed by atoms with E-state index in [9.17, 15) is 0 Å². The number of hydrogen-bond acceptors (Lipinski definition) is 5. The van der Waals surface area contributed by atoms with Crippen molar-refractivity contribution in [2.24, 2.45) is 5.84 Å². The Bertz CT molecular complexity index is 491. The second kappa shape index (κ2) is 5.53. The minimum atomic E-state index is 0.923. The zero-order valence-corrected chi connectivity index (χ0v) is 11.5. The van der Waals surface area contributed by atoms with Gasteiger partial charge in [0.15, 0.2) is 0 Å². The first-order valence-corrected chi connectivity index (χ1v) is 7.22. The number of thiazole rings is 1. The lowest BCUT2D eigenvalue weighted by atomic mass is 10.2. The van der Waals surface area contributed by atoms with Crippen molar-refractivity contribution in [3.8, 4) is 10.6 Å².